The van der Waals surface area contributed by atoms with Crippen molar-refractivity contribution >= 4 is 0 Å². The monoisotopic (exact) mass is 277 g/mol. The molecule has 0 spiro atoms. The fourth-order valence-electron chi connectivity index (χ4n) is 3.20. The number of aromatic nitrogens is 1. The van der Waals surface area contributed by atoms with Crippen LogP contribution >= 0.6 is 0 Å². The Morgan fingerprint density at radius 3 is 2.35 bits per heavy atom. The molecular formula is C17H27NO2. The van der Waals surface area contributed by atoms with Crippen LogP contribution in [0.25, 0.3) is 0 Å². The van der Waals surface area contributed by atoms with E-state index in [0.29, 0.717) is 0 Å². The van der Waals surface area contributed by atoms with Gasteiger partial charge >= 0.3 is 0 Å². The van der Waals surface area contributed by atoms with Gasteiger partial charge in [-0.15, -0.1) is 0 Å². The molecule has 1 heterocycles. The highest BCUT2D eigenvalue weighted by atomic mass is 16.5. The fourth-order valence-corrected chi connectivity index (χ4v) is 3.20. The van der Waals surface area contributed by atoms with E-state index >= 15 is 0 Å². The van der Waals surface area contributed by atoms with Crippen molar-refractivity contribution in [2.24, 2.45) is 5.41 Å². The molecule has 1 aliphatic carbocycles. The first-order valence-electron chi connectivity index (χ1n) is 7.58. The Kier molecular flexibility index (Phi) is 4.26. The van der Waals surface area contributed by atoms with Gasteiger partial charge in [0.25, 0.3) is 0 Å². The Morgan fingerprint density at radius 1 is 1.15 bits per heavy atom. The zero-order valence-corrected chi connectivity index (χ0v) is 13.5. The molecule has 20 heavy (non-hydrogen) atoms. The van der Waals surface area contributed by atoms with Crippen molar-refractivity contribution in [3.05, 3.63) is 18.0 Å². The molecule has 1 saturated carbocycles. The molecule has 3 heteroatoms. The third-order valence-electron chi connectivity index (χ3n) is 4.58. The number of pyridine rings is 1. The van der Waals surface area contributed by atoms with Crippen LogP contribution < -0.4 is 9.47 Å². The summed E-state index contributed by atoms with van der Waals surface area (Å²) in [5.41, 5.74) is 0.881. The van der Waals surface area contributed by atoms with E-state index in [9.17, 15) is 0 Å². The molecule has 0 atom stereocenters. The van der Waals surface area contributed by atoms with Crippen molar-refractivity contribution in [3.63, 3.8) is 0 Å². The van der Waals surface area contributed by atoms with Crippen molar-refractivity contribution in [3.8, 4) is 11.5 Å². The Balaban J connectivity index is 2.36. The van der Waals surface area contributed by atoms with Crippen molar-refractivity contribution in [1.82, 2.24) is 4.98 Å². The quantitative estimate of drug-likeness (QED) is 0.813. The molecule has 0 bridgehead atoms. The Bertz CT molecular complexity index is 457. The first-order chi connectivity index (χ1) is 9.39. The van der Waals surface area contributed by atoms with Crippen LogP contribution in [-0.2, 0) is 0 Å². The van der Waals surface area contributed by atoms with E-state index in [1.54, 1.807) is 13.3 Å². The lowest BCUT2D eigenvalue weighted by Crippen LogP contribution is -2.49. The normalized spacial score (nSPS) is 18.6. The molecule has 0 N–H and O–H groups in total. The van der Waals surface area contributed by atoms with Gasteiger partial charge in [-0.3, -0.25) is 4.98 Å². The maximum Gasteiger partial charge on any atom is 0.182 e. The maximum atomic E-state index is 6.55. The minimum Gasteiger partial charge on any atom is -0.491 e. The van der Waals surface area contributed by atoms with Crippen LogP contribution in [0.2, 0.25) is 0 Å². The van der Waals surface area contributed by atoms with E-state index < -0.39 is 0 Å². The second-order valence-corrected chi connectivity index (χ2v) is 6.83. The molecule has 112 valence electrons. The summed E-state index contributed by atoms with van der Waals surface area (Å²) in [5, 5.41) is 0. The average molecular weight is 277 g/mol. The topological polar surface area (TPSA) is 31.4 Å². The number of hydrogen-bond donors (Lipinski definition) is 0. The summed E-state index contributed by atoms with van der Waals surface area (Å²) >= 11 is 0. The van der Waals surface area contributed by atoms with Gasteiger partial charge in [0.1, 0.15) is 5.60 Å². The average Bonchev–Trinajstić information content (AvgIpc) is 2.39. The van der Waals surface area contributed by atoms with Crippen molar-refractivity contribution in [2.45, 2.75) is 65.4 Å². The van der Waals surface area contributed by atoms with E-state index in [0.717, 1.165) is 30.0 Å². The number of methoxy groups -OCH3 is 1. The summed E-state index contributed by atoms with van der Waals surface area (Å²) in [5.74, 6) is 1.60. The maximum absolute atomic E-state index is 6.55. The predicted molar refractivity (Wildman–Crippen MR) is 81.4 cm³/mol. The largest absolute Gasteiger partial charge is 0.491 e. The van der Waals surface area contributed by atoms with Crippen LogP contribution in [0.15, 0.2) is 12.3 Å². The molecule has 1 aromatic heterocycles. The summed E-state index contributed by atoms with van der Waals surface area (Å²) in [6.07, 6.45) is 7.81. The van der Waals surface area contributed by atoms with Crippen molar-refractivity contribution in [1.29, 1.82) is 0 Å². The van der Waals surface area contributed by atoms with Gasteiger partial charge in [-0.25, -0.2) is 0 Å². The fraction of sp³-hybridized carbons (Fsp3) is 0.706. The second kappa shape index (κ2) is 5.63. The smallest absolute Gasteiger partial charge is 0.182 e. The molecule has 0 aromatic carbocycles. The van der Waals surface area contributed by atoms with E-state index in [1.807, 2.05) is 13.0 Å². The molecule has 1 aromatic rings. The summed E-state index contributed by atoms with van der Waals surface area (Å²) in [7, 11) is 1.68. The van der Waals surface area contributed by atoms with Gasteiger partial charge in [0.05, 0.1) is 12.8 Å². The molecule has 0 saturated heterocycles. The number of rotatable bonds is 3. The van der Waals surface area contributed by atoms with E-state index in [4.69, 9.17) is 9.47 Å². The van der Waals surface area contributed by atoms with E-state index in [-0.39, 0.29) is 11.0 Å². The summed E-state index contributed by atoms with van der Waals surface area (Å²) in [6, 6.07) is 1.92. The first kappa shape index (κ1) is 15.1. The highest BCUT2D eigenvalue weighted by molar-refractivity contribution is 5.42. The molecule has 3 nitrogen and oxygen atoms in total. The SMILES string of the molecule is COc1c(OC2(C(C)(C)C)CCCCC2)ccnc1C. The highest BCUT2D eigenvalue weighted by Gasteiger charge is 2.45. The third-order valence-corrected chi connectivity index (χ3v) is 4.58. The minimum absolute atomic E-state index is 0.105. The van der Waals surface area contributed by atoms with Gasteiger partial charge in [-0.2, -0.15) is 0 Å². The van der Waals surface area contributed by atoms with Gasteiger partial charge in [0.15, 0.2) is 11.5 Å². The molecule has 0 unspecified atom stereocenters. The number of hydrogen-bond acceptors (Lipinski definition) is 3. The summed E-state index contributed by atoms with van der Waals surface area (Å²) in [6.45, 7) is 8.78. The van der Waals surface area contributed by atoms with E-state index in [2.05, 4.69) is 25.8 Å². The van der Waals surface area contributed by atoms with Gasteiger partial charge in [0.2, 0.25) is 0 Å². The Morgan fingerprint density at radius 2 is 1.80 bits per heavy atom. The van der Waals surface area contributed by atoms with Crippen LogP contribution in [-0.4, -0.2) is 17.7 Å². The van der Waals surface area contributed by atoms with Crippen LogP contribution in [0.5, 0.6) is 11.5 Å². The van der Waals surface area contributed by atoms with Gasteiger partial charge in [-0.05, 0) is 32.6 Å². The second-order valence-electron chi connectivity index (χ2n) is 6.83. The van der Waals surface area contributed by atoms with Crippen LogP contribution in [0.3, 0.4) is 0 Å². The molecule has 1 aliphatic rings. The van der Waals surface area contributed by atoms with Crippen LogP contribution in [0, 0.1) is 12.3 Å². The standard InChI is InChI=1S/C17H27NO2/c1-13-15(19-5)14(9-12-18-13)20-17(16(2,3)4)10-7-6-8-11-17/h9,12H,6-8,10-11H2,1-5H3. The Hall–Kier alpha value is -1.25. The molecule has 0 aliphatic heterocycles. The van der Waals surface area contributed by atoms with Crippen LogP contribution in [0.4, 0.5) is 0 Å². The van der Waals surface area contributed by atoms with Gasteiger partial charge in [-0.1, -0.05) is 27.2 Å². The predicted octanol–water partition coefficient (Wildman–Crippen LogP) is 4.53. The molecule has 1 fully saturated rings. The summed E-state index contributed by atoms with van der Waals surface area (Å²) < 4.78 is 12.0. The minimum atomic E-state index is -0.105. The lowest BCUT2D eigenvalue weighted by molar-refractivity contribution is -0.0628. The zero-order valence-electron chi connectivity index (χ0n) is 13.5. The molecular weight excluding hydrogens is 250 g/mol. The highest BCUT2D eigenvalue weighted by Crippen LogP contribution is 2.46. The van der Waals surface area contributed by atoms with Crippen molar-refractivity contribution < 1.29 is 9.47 Å². The molecule has 0 radical (unpaired) electrons. The third kappa shape index (κ3) is 2.77. The zero-order chi connectivity index (χ0) is 14.8. The van der Waals surface area contributed by atoms with Crippen molar-refractivity contribution in [2.75, 3.05) is 7.11 Å². The van der Waals surface area contributed by atoms with Gasteiger partial charge in [0, 0.05) is 17.7 Å². The Labute approximate surface area is 122 Å². The number of nitrogens with zero attached hydrogens (tertiary/aromatic N) is 1. The first-order valence-corrected chi connectivity index (χ1v) is 7.58. The lowest BCUT2D eigenvalue weighted by Gasteiger charge is -2.47. The van der Waals surface area contributed by atoms with Gasteiger partial charge < -0.3 is 9.47 Å². The molecule has 0 amide bonds. The molecule has 2 rings (SSSR count). The number of ether oxygens (including phenoxy) is 2. The van der Waals surface area contributed by atoms with E-state index in [1.165, 1.54) is 19.3 Å². The summed E-state index contributed by atoms with van der Waals surface area (Å²) in [4.78, 5) is 4.28. The lowest BCUT2D eigenvalue weighted by atomic mass is 9.68. The van der Waals surface area contributed by atoms with Crippen LogP contribution in [0.1, 0.15) is 58.6 Å². The number of aryl methyl sites for hydroxylation is 1.